The van der Waals surface area contributed by atoms with E-state index >= 15 is 0 Å². The Balaban J connectivity index is 1.34. The standard InChI is InChI=1S/C18H15ClN4O2/c19-15-4-2-1-3-12(15)13-9-14(13)18(24)21-10-16-22-17(23-25-16)11-5-7-20-8-6-11/h1-8,13-14H,9-10H2,(H,21,24). The molecule has 1 saturated carbocycles. The van der Waals surface area contributed by atoms with Gasteiger partial charge in [0.15, 0.2) is 0 Å². The number of halogens is 1. The number of hydrogen-bond donors (Lipinski definition) is 1. The summed E-state index contributed by atoms with van der Waals surface area (Å²) in [6.07, 6.45) is 4.13. The fourth-order valence-corrected chi connectivity index (χ4v) is 3.12. The zero-order valence-electron chi connectivity index (χ0n) is 13.2. The average Bonchev–Trinajstić information content (AvgIpc) is 3.30. The molecule has 1 amide bonds. The van der Waals surface area contributed by atoms with Gasteiger partial charge < -0.3 is 9.84 Å². The van der Waals surface area contributed by atoms with Crippen LogP contribution in [0.3, 0.4) is 0 Å². The van der Waals surface area contributed by atoms with E-state index in [0.29, 0.717) is 16.7 Å². The van der Waals surface area contributed by atoms with Gasteiger partial charge >= 0.3 is 0 Å². The van der Waals surface area contributed by atoms with E-state index < -0.39 is 0 Å². The second-order valence-electron chi connectivity index (χ2n) is 5.94. The predicted octanol–water partition coefficient (Wildman–Crippen LogP) is 3.20. The molecule has 2 unspecified atom stereocenters. The molecule has 1 fully saturated rings. The van der Waals surface area contributed by atoms with Crippen molar-refractivity contribution in [2.45, 2.75) is 18.9 Å². The first-order valence-electron chi connectivity index (χ1n) is 7.97. The Labute approximate surface area is 149 Å². The Morgan fingerprint density at radius 2 is 2.04 bits per heavy atom. The highest BCUT2D eigenvalue weighted by molar-refractivity contribution is 6.31. The van der Waals surface area contributed by atoms with Crippen LogP contribution in [0.15, 0.2) is 53.3 Å². The third kappa shape index (κ3) is 3.39. The molecule has 3 aromatic rings. The molecule has 0 saturated heterocycles. The van der Waals surface area contributed by atoms with E-state index in [1.54, 1.807) is 24.5 Å². The van der Waals surface area contributed by atoms with E-state index in [1.165, 1.54) is 0 Å². The van der Waals surface area contributed by atoms with Crippen molar-refractivity contribution in [3.63, 3.8) is 0 Å². The van der Waals surface area contributed by atoms with Gasteiger partial charge in [-0.3, -0.25) is 9.78 Å². The van der Waals surface area contributed by atoms with Crippen molar-refractivity contribution in [3.05, 3.63) is 65.3 Å². The molecule has 25 heavy (non-hydrogen) atoms. The number of aromatic nitrogens is 3. The van der Waals surface area contributed by atoms with Crippen LogP contribution in [0, 0.1) is 5.92 Å². The SMILES string of the molecule is O=C(NCc1nc(-c2ccncc2)no1)C1CC1c1ccccc1Cl. The van der Waals surface area contributed by atoms with Gasteiger partial charge in [-0.05, 0) is 36.1 Å². The first kappa shape index (κ1) is 15.8. The van der Waals surface area contributed by atoms with Crippen LogP contribution >= 0.6 is 11.6 Å². The largest absolute Gasteiger partial charge is 0.347 e. The third-order valence-corrected chi connectivity index (χ3v) is 4.60. The summed E-state index contributed by atoms with van der Waals surface area (Å²) in [5.74, 6) is 0.960. The molecular weight excluding hydrogens is 340 g/mol. The van der Waals surface area contributed by atoms with Crippen molar-refractivity contribution in [2.24, 2.45) is 5.92 Å². The van der Waals surface area contributed by atoms with E-state index in [9.17, 15) is 4.79 Å². The average molecular weight is 355 g/mol. The maximum Gasteiger partial charge on any atom is 0.246 e. The Hall–Kier alpha value is -2.73. The predicted molar refractivity (Wildman–Crippen MR) is 91.7 cm³/mol. The highest BCUT2D eigenvalue weighted by Crippen LogP contribution is 2.49. The van der Waals surface area contributed by atoms with Crippen LogP contribution in [-0.4, -0.2) is 21.0 Å². The molecule has 1 aromatic carbocycles. The molecule has 1 N–H and O–H groups in total. The smallest absolute Gasteiger partial charge is 0.246 e. The molecule has 0 aliphatic heterocycles. The van der Waals surface area contributed by atoms with Crippen molar-refractivity contribution < 1.29 is 9.32 Å². The molecule has 7 heteroatoms. The van der Waals surface area contributed by atoms with Crippen molar-refractivity contribution in [2.75, 3.05) is 0 Å². The van der Waals surface area contributed by atoms with Crippen LogP contribution in [0.4, 0.5) is 0 Å². The first-order chi connectivity index (χ1) is 12.2. The van der Waals surface area contributed by atoms with Crippen LogP contribution in [0.1, 0.15) is 23.8 Å². The van der Waals surface area contributed by atoms with Gasteiger partial charge in [0.05, 0.1) is 6.54 Å². The summed E-state index contributed by atoms with van der Waals surface area (Å²) in [4.78, 5) is 20.5. The fourth-order valence-electron chi connectivity index (χ4n) is 2.84. The number of amides is 1. The maximum absolute atomic E-state index is 12.3. The number of nitrogens with one attached hydrogen (secondary N) is 1. The molecule has 2 aromatic heterocycles. The minimum Gasteiger partial charge on any atom is -0.347 e. The normalized spacial score (nSPS) is 18.8. The van der Waals surface area contributed by atoms with Crippen molar-refractivity contribution >= 4 is 17.5 Å². The van der Waals surface area contributed by atoms with E-state index in [4.69, 9.17) is 16.1 Å². The zero-order valence-corrected chi connectivity index (χ0v) is 14.0. The van der Waals surface area contributed by atoms with Gasteiger partial charge in [0.25, 0.3) is 0 Å². The molecule has 1 aliphatic rings. The lowest BCUT2D eigenvalue weighted by molar-refractivity contribution is -0.122. The second-order valence-corrected chi connectivity index (χ2v) is 6.34. The first-order valence-corrected chi connectivity index (χ1v) is 8.35. The van der Waals surface area contributed by atoms with Crippen LogP contribution < -0.4 is 5.32 Å². The number of benzene rings is 1. The van der Waals surface area contributed by atoms with Crippen molar-refractivity contribution in [1.82, 2.24) is 20.4 Å². The van der Waals surface area contributed by atoms with E-state index in [-0.39, 0.29) is 24.3 Å². The minimum atomic E-state index is -0.0533. The highest BCUT2D eigenvalue weighted by atomic mass is 35.5. The molecule has 0 radical (unpaired) electrons. The summed E-state index contributed by atoms with van der Waals surface area (Å²) in [5.41, 5.74) is 1.85. The summed E-state index contributed by atoms with van der Waals surface area (Å²) >= 11 is 6.19. The lowest BCUT2D eigenvalue weighted by Gasteiger charge is -2.04. The van der Waals surface area contributed by atoms with E-state index in [1.807, 2.05) is 24.3 Å². The molecule has 2 atom stereocenters. The monoisotopic (exact) mass is 354 g/mol. The number of nitrogens with zero attached hydrogens (tertiary/aromatic N) is 3. The Morgan fingerprint density at radius 1 is 1.24 bits per heavy atom. The Kier molecular flexibility index (Phi) is 4.19. The number of carbonyl (C=O) groups excluding carboxylic acids is 1. The number of carbonyl (C=O) groups is 1. The van der Waals surface area contributed by atoms with Crippen LogP contribution in [0.5, 0.6) is 0 Å². The van der Waals surface area contributed by atoms with Crippen molar-refractivity contribution in [1.29, 1.82) is 0 Å². The van der Waals surface area contributed by atoms with E-state index in [0.717, 1.165) is 17.5 Å². The molecule has 0 spiro atoms. The quantitative estimate of drug-likeness (QED) is 0.761. The van der Waals surface area contributed by atoms with E-state index in [2.05, 4.69) is 20.4 Å². The molecule has 6 nitrogen and oxygen atoms in total. The van der Waals surface area contributed by atoms with Gasteiger partial charge in [0.1, 0.15) is 0 Å². The molecule has 1 aliphatic carbocycles. The van der Waals surface area contributed by atoms with Crippen molar-refractivity contribution in [3.8, 4) is 11.4 Å². The maximum atomic E-state index is 12.3. The molecular formula is C18H15ClN4O2. The second kappa shape index (κ2) is 6.64. The Morgan fingerprint density at radius 3 is 2.84 bits per heavy atom. The van der Waals surface area contributed by atoms with Crippen LogP contribution in [-0.2, 0) is 11.3 Å². The summed E-state index contributed by atoms with van der Waals surface area (Å²) < 4.78 is 5.18. The van der Waals surface area contributed by atoms with Crippen LogP contribution in [0.25, 0.3) is 11.4 Å². The summed E-state index contributed by atoms with van der Waals surface area (Å²) in [5, 5.41) is 7.48. The van der Waals surface area contributed by atoms with Gasteiger partial charge in [-0.25, -0.2) is 0 Å². The topological polar surface area (TPSA) is 80.9 Å². The van der Waals surface area contributed by atoms with Gasteiger partial charge in [-0.1, -0.05) is 35.0 Å². The molecule has 0 bridgehead atoms. The van der Waals surface area contributed by atoms with Gasteiger partial charge in [-0.15, -0.1) is 0 Å². The number of hydrogen-bond acceptors (Lipinski definition) is 5. The summed E-state index contributed by atoms with van der Waals surface area (Å²) in [6, 6.07) is 11.2. The lowest BCUT2D eigenvalue weighted by Crippen LogP contribution is -2.25. The number of rotatable bonds is 5. The zero-order chi connectivity index (χ0) is 17.2. The highest BCUT2D eigenvalue weighted by Gasteiger charge is 2.44. The third-order valence-electron chi connectivity index (χ3n) is 4.25. The molecule has 4 rings (SSSR count). The summed E-state index contributed by atoms with van der Waals surface area (Å²) in [7, 11) is 0. The van der Waals surface area contributed by atoms with Gasteiger partial charge in [-0.2, -0.15) is 4.98 Å². The van der Waals surface area contributed by atoms with Crippen LogP contribution in [0.2, 0.25) is 5.02 Å². The Bertz CT molecular complexity index is 897. The minimum absolute atomic E-state index is 0.0198. The molecule has 2 heterocycles. The number of pyridine rings is 1. The fraction of sp³-hybridized carbons (Fsp3) is 0.222. The van der Waals surface area contributed by atoms with Gasteiger partial charge in [0, 0.05) is 28.9 Å². The molecule has 126 valence electrons. The van der Waals surface area contributed by atoms with Gasteiger partial charge in [0.2, 0.25) is 17.6 Å². The summed E-state index contributed by atoms with van der Waals surface area (Å²) in [6.45, 7) is 0.211. The lowest BCUT2D eigenvalue weighted by atomic mass is 10.1.